The molecule has 28 heavy (non-hydrogen) atoms. The molecule has 1 aliphatic carbocycles. The Hall–Kier alpha value is -0.810. The van der Waals surface area contributed by atoms with Gasteiger partial charge in [0.05, 0.1) is 0 Å². The molecule has 1 fully saturated rings. The Balaban J connectivity index is 0.00000280. The van der Waals surface area contributed by atoms with Gasteiger partial charge in [0.15, 0.2) is 11.8 Å². The van der Waals surface area contributed by atoms with E-state index >= 15 is 0 Å². The van der Waals surface area contributed by atoms with Crippen LogP contribution in [-0.4, -0.2) is 44.8 Å². The van der Waals surface area contributed by atoms with Gasteiger partial charge < -0.3 is 15.2 Å². The zero-order valence-corrected chi connectivity index (χ0v) is 20.8. The molecule has 2 atom stereocenters. The minimum absolute atomic E-state index is 0. The predicted octanol–water partition coefficient (Wildman–Crippen LogP) is 3.76. The summed E-state index contributed by atoms with van der Waals surface area (Å²) >= 11 is 3.79. The van der Waals surface area contributed by atoms with Gasteiger partial charge in [0.25, 0.3) is 0 Å². The molecule has 2 unspecified atom stereocenters. The van der Waals surface area contributed by atoms with Crippen LogP contribution in [0.5, 0.6) is 0 Å². The van der Waals surface area contributed by atoms with Gasteiger partial charge in [-0.25, -0.2) is 4.99 Å². The predicted molar refractivity (Wildman–Crippen MR) is 131 cm³/mol. The second-order valence-corrected chi connectivity index (χ2v) is 9.18. The number of nitrogens with zero attached hydrogens (tertiary/aromatic N) is 4. The van der Waals surface area contributed by atoms with E-state index in [2.05, 4.69) is 44.6 Å². The lowest BCUT2D eigenvalue weighted by Crippen LogP contribution is -2.46. The molecular weight excluding hydrogens is 503 g/mol. The first kappa shape index (κ1) is 23.5. The number of aliphatic imine (C=N–C) groups is 1. The van der Waals surface area contributed by atoms with Crippen molar-refractivity contribution in [3.63, 3.8) is 0 Å². The molecule has 2 aromatic rings. The highest BCUT2D eigenvalue weighted by atomic mass is 127. The summed E-state index contributed by atoms with van der Waals surface area (Å²) in [6, 6.07) is 4.78. The van der Waals surface area contributed by atoms with Crippen molar-refractivity contribution in [2.45, 2.75) is 56.9 Å². The van der Waals surface area contributed by atoms with Crippen LogP contribution in [0.2, 0.25) is 0 Å². The summed E-state index contributed by atoms with van der Waals surface area (Å²) in [5.74, 6) is 2.69. The van der Waals surface area contributed by atoms with Crippen LogP contribution in [0.1, 0.15) is 42.2 Å². The zero-order chi connectivity index (χ0) is 19.1. The third-order valence-corrected chi connectivity index (χ3v) is 7.14. The number of aromatic nitrogens is 3. The van der Waals surface area contributed by atoms with Crippen LogP contribution in [0.3, 0.4) is 0 Å². The van der Waals surface area contributed by atoms with E-state index < -0.39 is 0 Å². The van der Waals surface area contributed by atoms with Crippen LogP contribution >= 0.6 is 47.1 Å². The van der Waals surface area contributed by atoms with E-state index in [0.29, 0.717) is 12.6 Å². The summed E-state index contributed by atoms with van der Waals surface area (Å²) in [5.41, 5.74) is 0. The number of thiophene rings is 1. The fourth-order valence-corrected chi connectivity index (χ4v) is 4.87. The molecule has 0 aliphatic heterocycles. The number of thioether (sulfide) groups is 1. The van der Waals surface area contributed by atoms with E-state index in [1.165, 1.54) is 30.6 Å². The molecule has 2 aromatic heterocycles. The minimum atomic E-state index is 0. The van der Waals surface area contributed by atoms with Crippen molar-refractivity contribution in [3.8, 4) is 0 Å². The van der Waals surface area contributed by atoms with Crippen LogP contribution in [-0.2, 0) is 20.0 Å². The quantitative estimate of drug-likeness (QED) is 0.322. The Labute approximate surface area is 193 Å². The minimum Gasteiger partial charge on any atom is -0.356 e. The largest absolute Gasteiger partial charge is 0.356 e. The average Bonchev–Trinajstić information content (AvgIpc) is 3.31. The third-order valence-electron chi connectivity index (χ3n) is 5.11. The van der Waals surface area contributed by atoms with Crippen molar-refractivity contribution in [1.29, 1.82) is 0 Å². The summed E-state index contributed by atoms with van der Waals surface area (Å²) in [6.45, 7) is 3.37. The lowest BCUT2D eigenvalue weighted by Gasteiger charge is -2.30. The van der Waals surface area contributed by atoms with E-state index in [1.807, 2.05) is 30.3 Å². The zero-order valence-electron chi connectivity index (χ0n) is 16.9. The average molecular weight is 535 g/mol. The van der Waals surface area contributed by atoms with Gasteiger partial charge in [-0.2, -0.15) is 11.8 Å². The molecule has 2 heterocycles. The molecule has 3 rings (SSSR count). The smallest absolute Gasteiger partial charge is 0.191 e. The van der Waals surface area contributed by atoms with Crippen molar-refractivity contribution in [1.82, 2.24) is 25.4 Å². The number of hydrogen-bond donors (Lipinski definition) is 2. The standard InChI is InChI=1S/C19H30N6S2.HI/c1-14-23-24-18(25(14)2)13-21-19(20-10-9-16-8-5-11-27-16)22-15-6-4-7-17(12-15)26-3;/h5,8,11,15,17H,4,6-7,9-10,12-13H2,1-3H3,(H2,20,21,22);1H. The maximum Gasteiger partial charge on any atom is 0.191 e. The first-order chi connectivity index (χ1) is 13.2. The van der Waals surface area contributed by atoms with Gasteiger partial charge >= 0.3 is 0 Å². The second-order valence-electron chi connectivity index (χ2n) is 7.01. The monoisotopic (exact) mass is 534 g/mol. The molecule has 156 valence electrons. The van der Waals surface area contributed by atoms with Gasteiger partial charge in [0, 0.05) is 29.8 Å². The summed E-state index contributed by atoms with van der Waals surface area (Å²) < 4.78 is 2.00. The first-order valence-electron chi connectivity index (χ1n) is 9.60. The SMILES string of the molecule is CSC1CCCC(NC(=NCc2nnc(C)n2C)NCCc2cccs2)C1.I. The number of rotatable bonds is 7. The Morgan fingerprint density at radius 1 is 1.39 bits per heavy atom. The Kier molecular flexibility index (Phi) is 10.1. The molecule has 0 radical (unpaired) electrons. The highest BCUT2D eigenvalue weighted by molar-refractivity contribution is 14.0. The van der Waals surface area contributed by atoms with Gasteiger partial charge in [-0.05, 0) is 50.3 Å². The molecule has 0 aromatic carbocycles. The van der Waals surface area contributed by atoms with Crippen molar-refractivity contribution in [2.24, 2.45) is 12.0 Å². The molecule has 2 N–H and O–H groups in total. The summed E-state index contributed by atoms with van der Waals surface area (Å²) in [5, 5.41) is 18.4. The Morgan fingerprint density at radius 3 is 2.93 bits per heavy atom. The number of halogens is 1. The van der Waals surface area contributed by atoms with Gasteiger partial charge in [-0.1, -0.05) is 12.5 Å². The molecule has 1 aliphatic rings. The summed E-state index contributed by atoms with van der Waals surface area (Å²) in [6.07, 6.45) is 8.27. The van der Waals surface area contributed by atoms with E-state index in [9.17, 15) is 0 Å². The van der Waals surface area contributed by atoms with Gasteiger partial charge in [0.1, 0.15) is 12.4 Å². The molecule has 9 heteroatoms. The molecule has 0 amide bonds. The van der Waals surface area contributed by atoms with Gasteiger partial charge in [0.2, 0.25) is 0 Å². The Morgan fingerprint density at radius 2 is 2.25 bits per heavy atom. The lowest BCUT2D eigenvalue weighted by molar-refractivity contribution is 0.419. The van der Waals surface area contributed by atoms with E-state index in [-0.39, 0.29) is 24.0 Å². The number of guanidine groups is 1. The molecule has 0 bridgehead atoms. The van der Waals surface area contributed by atoms with Crippen LogP contribution in [0.4, 0.5) is 0 Å². The third kappa shape index (κ3) is 6.91. The lowest BCUT2D eigenvalue weighted by atomic mass is 9.95. The van der Waals surface area contributed by atoms with Crippen molar-refractivity contribution in [3.05, 3.63) is 34.0 Å². The highest BCUT2D eigenvalue weighted by Gasteiger charge is 2.22. The molecule has 0 saturated heterocycles. The van der Waals surface area contributed by atoms with E-state index in [1.54, 1.807) is 11.3 Å². The van der Waals surface area contributed by atoms with Crippen LogP contribution in [0.25, 0.3) is 0 Å². The maximum atomic E-state index is 4.80. The number of hydrogen-bond acceptors (Lipinski definition) is 5. The van der Waals surface area contributed by atoms with Crippen molar-refractivity contribution in [2.75, 3.05) is 12.8 Å². The Bertz CT molecular complexity index is 731. The fourth-order valence-electron chi connectivity index (χ4n) is 3.33. The summed E-state index contributed by atoms with van der Waals surface area (Å²) in [4.78, 5) is 6.19. The maximum absolute atomic E-state index is 4.80. The van der Waals surface area contributed by atoms with Crippen LogP contribution in [0.15, 0.2) is 22.5 Å². The normalized spacial score (nSPS) is 19.9. The molecule has 1 saturated carbocycles. The van der Waals surface area contributed by atoms with Crippen LogP contribution < -0.4 is 10.6 Å². The molecular formula is C19H31IN6S2. The van der Waals surface area contributed by atoms with Gasteiger partial charge in [-0.15, -0.1) is 45.5 Å². The highest BCUT2D eigenvalue weighted by Crippen LogP contribution is 2.26. The molecule has 0 spiro atoms. The van der Waals surface area contributed by atoms with Crippen molar-refractivity contribution < 1.29 is 0 Å². The summed E-state index contributed by atoms with van der Waals surface area (Å²) in [7, 11) is 1.99. The second kappa shape index (κ2) is 12.0. The van der Waals surface area contributed by atoms with Crippen molar-refractivity contribution >= 4 is 53.0 Å². The van der Waals surface area contributed by atoms with E-state index in [4.69, 9.17) is 4.99 Å². The molecule has 6 nitrogen and oxygen atoms in total. The number of nitrogens with one attached hydrogen (secondary N) is 2. The fraction of sp³-hybridized carbons (Fsp3) is 0.632. The number of aryl methyl sites for hydroxylation is 1. The van der Waals surface area contributed by atoms with Crippen LogP contribution in [0, 0.1) is 6.92 Å². The topological polar surface area (TPSA) is 67.1 Å². The van der Waals surface area contributed by atoms with E-state index in [0.717, 1.165) is 35.8 Å². The van der Waals surface area contributed by atoms with Gasteiger partial charge in [-0.3, -0.25) is 0 Å². The first-order valence-corrected chi connectivity index (χ1v) is 11.8.